The van der Waals surface area contributed by atoms with E-state index in [0.717, 1.165) is 17.7 Å². The number of hydrogen-bond donors (Lipinski definition) is 1. The lowest BCUT2D eigenvalue weighted by atomic mass is 10.2. The van der Waals surface area contributed by atoms with Crippen LogP contribution in [0.1, 0.15) is 13.8 Å². The highest BCUT2D eigenvalue weighted by Crippen LogP contribution is 2.17. The van der Waals surface area contributed by atoms with Gasteiger partial charge in [-0.2, -0.15) is 4.98 Å². The minimum absolute atomic E-state index is 0.527. The van der Waals surface area contributed by atoms with Crippen LogP contribution in [0.2, 0.25) is 0 Å². The Morgan fingerprint density at radius 3 is 2.88 bits per heavy atom. The number of aromatic nitrogens is 3. The fourth-order valence-corrected chi connectivity index (χ4v) is 1.93. The normalized spacial score (nSPS) is 11.2. The number of nitrogens with one attached hydrogen (secondary N) is 1. The molecule has 0 fully saturated rings. The van der Waals surface area contributed by atoms with Crippen molar-refractivity contribution in [1.29, 1.82) is 0 Å². The molecule has 0 atom stereocenters. The standard InChI is InChI=1S/C11H15N3OS/c1-7(2)6-14-10-8(12-11(14)16)4-5-9(13-10)15-3/h4-5,7H,6H2,1-3H3,(H,12,16). The maximum Gasteiger partial charge on any atom is 0.215 e. The van der Waals surface area contributed by atoms with Crippen molar-refractivity contribution in [3.63, 3.8) is 0 Å². The number of rotatable bonds is 3. The largest absolute Gasteiger partial charge is 0.481 e. The van der Waals surface area contributed by atoms with E-state index >= 15 is 0 Å². The molecule has 0 aliphatic carbocycles. The van der Waals surface area contributed by atoms with E-state index in [2.05, 4.69) is 23.8 Å². The van der Waals surface area contributed by atoms with Gasteiger partial charge in [-0.05, 0) is 24.2 Å². The van der Waals surface area contributed by atoms with E-state index in [1.54, 1.807) is 7.11 Å². The van der Waals surface area contributed by atoms with Gasteiger partial charge in [0.1, 0.15) is 0 Å². The molecule has 4 nitrogen and oxygen atoms in total. The predicted octanol–water partition coefficient (Wildman–Crippen LogP) is 2.76. The Labute approximate surface area is 99.3 Å². The van der Waals surface area contributed by atoms with Gasteiger partial charge < -0.3 is 14.3 Å². The number of ether oxygens (including phenoxy) is 1. The van der Waals surface area contributed by atoms with Crippen molar-refractivity contribution in [2.75, 3.05) is 7.11 Å². The van der Waals surface area contributed by atoms with Crippen LogP contribution in [0.4, 0.5) is 0 Å². The molecule has 0 spiro atoms. The second-order valence-electron chi connectivity index (χ2n) is 4.16. The van der Waals surface area contributed by atoms with Gasteiger partial charge in [0.05, 0.1) is 12.6 Å². The molecule has 0 saturated heterocycles. The maximum absolute atomic E-state index is 5.28. The second kappa shape index (κ2) is 4.25. The topological polar surface area (TPSA) is 42.8 Å². The van der Waals surface area contributed by atoms with Crippen LogP contribution in [0.5, 0.6) is 5.88 Å². The maximum atomic E-state index is 5.28. The summed E-state index contributed by atoms with van der Waals surface area (Å²) in [6.07, 6.45) is 0. The highest BCUT2D eigenvalue weighted by Gasteiger charge is 2.08. The summed E-state index contributed by atoms with van der Waals surface area (Å²) in [6.45, 7) is 5.17. The molecule has 2 aromatic rings. The Morgan fingerprint density at radius 1 is 1.50 bits per heavy atom. The molecular formula is C11H15N3OS. The Bertz CT molecular complexity index is 556. The minimum atomic E-state index is 0.527. The van der Waals surface area contributed by atoms with Gasteiger partial charge in [-0.1, -0.05) is 13.8 Å². The number of fused-ring (bicyclic) bond motifs is 1. The average molecular weight is 237 g/mol. The molecule has 0 radical (unpaired) electrons. The van der Waals surface area contributed by atoms with Crippen molar-refractivity contribution in [3.05, 3.63) is 16.9 Å². The van der Waals surface area contributed by atoms with E-state index < -0.39 is 0 Å². The van der Waals surface area contributed by atoms with Crippen molar-refractivity contribution in [2.24, 2.45) is 5.92 Å². The Morgan fingerprint density at radius 2 is 2.25 bits per heavy atom. The second-order valence-corrected chi connectivity index (χ2v) is 4.55. The molecule has 0 aliphatic heterocycles. The van der Waals surface area contributed by atoms with Crippen LogP contribution in [0.15, 0.2) is 12.1 Å². The first kappa shape index (κ1) is 11.1. The SMILES string of the molecule is COc1ccc2[nH]c(=S)n(CC(C)C)c2n1. The van der Waals surface area contributed by atoms with Crippen LogP contribution in [0, 0.1) is 10.7 Å². The van der Waals surface area contributed by atoms with Gasteiger partial charge in [-0.25, -0.2) is 0 Å². The van der Waals surface area contributed by atoms with Crippen molar-refractivity contribution in [1.82, 2.24) is 14.5 Å². The van der Waals surface area contributed by atoms with Crippen LogP contribution in [-0.4, -0.2) is 21.6 Å². The monoisotopic (exact) mass is 237 g/mol. The fourth-order valence-electron chi connectivity index (χ4n) is 1.66. The van der Waals surface area contributed by atoms with Crippen LogP contribution >= 0.6 is 12.2 Å². The lowest BCUT2D eigenvalue weighted by Crippen LogP contribution is -2.05. The van der Waals surface area contributed by atoms with E-state index in [4.69, 9.17) is 17.0 Å². The lowest BCUT2D eigenvalue weighted by molar-refractivity contribution is 0.398. The lowest BCUT2D eigenvalue weighted by Gasteiger charge is -2.07. The van der Waals surface area contributed by atoms with Crippen molar-refractivity contribution in [3.8, 4) is 5.88 Å². The summed E-state index contributed by atoms with van der Waals surface area (Å²) < 4.78 is 7.84. The first-order valence-electron chi connectivity index (χ1n) is 5.25. The third kappa shape index (κ3) is 1.95. The van der Waals surface area contributed by atoms with E-state index in [1.807, 2.05) is 16.7 Å². The van der Waals surface area contributed by atoms with Crippen molar-refractivity contribution in [2.45, 2.75) is 20.4 Å². The van der Waals surface area contributed by atoms with Crippen LogP contribution < -0.4 is 4.74 Å². The fraction of sp³-hybridized carbons (Fsp3) is 0.455. The number of methoxy groups -OCH3 is 1. The third-order valence-electron chi connectivity index (χ3n) is 2.35. The molecule has 1 N–H and O–H groups in total. The molecule has 5 heteroatoms. The highest BCUT2D eigenvalue weighted by atomic mass is 32.1. The number of pyridine rings is 1. The van der Waals surface area contributed by atoms with Gasteiger partial charge in [0.2, 0.25) is 5.88 Å². The van der Waals surface area contributed by atoms with Crippen LogP contribution in [0.3, 0.4) is 0 Å². The van der Waals surface area contributed by atoms with E-state index in [1.165, 1.54) is 0 Å². The quantitative estimate of drug-likeness (QED) is 0.835. The Kier molecular flexibility index (Phi) is 2.96. The zero-order chi connectivity index (χ0) is 11.7. The Balaban J connectivity index is 2.61. The van der Waals surface area contributed by atoms with Gasteiger partial charge in [-0.3, -0.25) is 0 Å². The van der Waals surface area contributed by atoms with Gasteiger partial charge >= 0.3 is 0 Å². The van der Waals surface area contributed by atoms with Gasteiger partial charge in [0.15, 0.2) is 10.4 Å². The first-order chi connectivity index (χ1) is 7.61. The molecule has 2 rings (SSSR count). The molecule has 0 aromatic carbocycles. The van der Waals surface area contributed by atoms with E-state index in [-0.39, 0.29) is 0 Å². The molecule has 0 saturated carbocycles. The van der Waals surface area contributed by atoms with Crippen LogP contribution in [-0.2, 0) is 6.54 Å². The molecule has 0 aliphatic rings. The van der Waals surface area contributed by atoms with E-state index in [9.17, 15) is 0 Å². The molecule has 0 amide bonds. The molecule has 16 heavy (non-hydrogen) atoms. The molecule has 0 unspecified atom stereocenters. The summed E-state index contributed by atoms with van der Waals surface area (Å²) in [5, 5.41) is 0. The number of imidazole rings is 1. The summed E-state index contributed by atoms with van der Waals surface area (Å²) in [5.41, 5.74) is 1.81. The molecule has 2 heterocycles. The third-order valence-corrected chi connectivity index (χ3v) is 2.67. The molecular weight excluding hydrogens is 222 g/mol. The highest BCUT2D eigenvalue weighted by molar-refractivity contribution is 7.71. The summed E-state index contributed by atoms with van der Waals surface area (Å²) in [6, 6.07) is 3.76. The molecule has 0 bridgehead atoms. The van der Waals surface area contributed by atoms with Crippen LogP contribution in [0.25, 0.3) is 11.2 Å². The number of hydrogen-bond acceptors (Lipinski definition) is 3. The summed E-state index contributed by atoms with van der Waals surface area (Å²) in [4.78, 5) is 7.55. The van der Waals surface area contributed by atoms with Gasteiger partial charge in [0.25, 0.3) is 0 Å². The zero-order valence-corrected chi connectivity index (χ0v) is 10.5. The minimum Gasteiger partial charge on any atom is -0.481 e. The summed E-state index contributed by atoms with van der Waals surface area (Å²) in [5.74, 6) is 1.14. The number of nitrogens with zero attached hydrogens (tertiary/aromatic N) is 2. The summed E-state index contributed by atoms with van der Waals surface area (Å²) in [7, 11) is 1.61. The van der Waals surface area contributed by atoms with E-state index in [0.29, 0.717) is 16.6 Å². The molecule has 86 valence electrons. The zero-order valence-electron chi connectivity index (χ0n) is 9.65. The predicted molar refractivity (Wildman–Crippen MR) is 66.3 cm³/mol. The van der Waals surface area contributed by atoms with Crippen molar-refractivity contribution < 1.29 is 4.74 Å². The summed E-state index contributed by atoms with van der Waals surface area (Å²) >= 11 is 5.28. The number of aromatic amines is 1. The van der Waals surface area contributed by atoms with Gasteiger partial charge in [-0.15, -0.1) is 0 Å². The smallest absolute Gasteiger partial charge is 0.215 e. The number of H-pyrrole nitrogens is 1. The van der Waals surface area contributed by atoms with Gasteiger partial charge in [0, 0.05) is 12.6 Å². The average Bonchev–Trinajstić information content (AvgIpc) is 2.54. The Hall–Kier alpha value is -1.36. The first-order valence-corrected chi connectivity index (χ1v) is 5.66. The van der Waals surface area contributed by atoms with Crippen molar-refractivity contribution >= 4 is 23.4 Å². The molecule has 2 aromatic heterocycles.